The van der Waals surface area contributed by atoms with Crippen molar-refractivity contribution in [3.63, 3.8) is 0 Å². The Kier molecular flexibility index (Phi) is 8.58. The molecule has 0 heterocycles. The van der Waals surface area contributed by atoms with Crippen molar-refractivity contribution in [3.8, 4) is 0 Å². The van der Waals surface area contributed by atoms with Crippen LogP contribution in [0.25, 0.3) is 0 Å². The molecule has 1 aromatic rings. The van der Waals surface area contributed by atoms with E-state index >= 15 is 0 Å². The van der Waals surface area contributed by atoms with Crippen LogP contribution in [0.15, 0.2) is 22.5 Å². The Morgan fingerprint density at radius 1 is 0.639 bits per heavy atom. The first kappa shape index (κ1) is 32.0. The fourth-order valence-electron chi connectivity index (χ4n) is 2.78. The lowest BCUT2D eigenvalue weighted by molar-refractivity contribution is -0.360. The van der Waals surface area contributed by atoms with Gasteiger partial charge in [-0.25, -0.2) is 0 Å². The molecule has 0 unspecified atom stereocenters. The largest absolute Gasteiger partial charge is 0.460 e. The van der Waals surface area contributed by atoms with Crippen LogP contribution in [0.1, 0.15) is 38.8 Å². The van der Waals surface area contributed by atoms with Crippen LogP contribution in [0.3, 0.4) is 0 Å². The van der Waals surface area contributed by atoms with Gasteiger partial charge >= 0.3 is 36.0 Å². The Balaban J connectivity index is 4.22. The summed E-state index contributed by atoms with van der Waals surface area (Å²) in [5.41, 5.74) is -8.13. The highest BCUT2D eigenvalue weighted by molar-refractivity contribution is 6.30. The molecule has 0 N–H and O–H groups in total. The van der Waals surface area contributed by atoms with E-state index in [1.807, 2.05) is 0 Å². The van der Waals surface area contributed by atoms with E-state index in [9.17, 15) is 61.5 Å². The van der Waals surface area contributed by atoms with Crippen LogP contribution in [-0.2, 0) is 11.8 Å². The first-order valence-electron chi connectivity index (χ1n) is 9.44. The van der Waals surface area contributed by atoms with Crippen molar-refractivity contribution in [3.05, 3.63) is 28.3 Å². The highest BCUT2D eigenvalue weighted by Gasteiger charge is 2.76. The van der Waals surface area contributed by atoms with Crippen molar-refractivity contribution in [1.29, 1.82) is 0 Å². The van der Waals surface area contributed by atoms with Crippen molar-refractivity contribution < 1.29 is 61.5 Å². The van der Waals surface area contributed by atoms with Gasteiger partial charge < -0.3 is 0 Å². The average Bonchev–Trinajstić information content (AvgIpc) is 2.65. The SMILES string of the molecule is CC(C)N(N=Nc1c(C(F)(F)C(F)(F)C(F)(F)F)cc(Cl)cc1C(F)(F)C(F)(F)C(F)(F)F)C(C)C. The maximum Gasteiger partial charge on any atom is 0.460 e. The molecule has 0 bridgehead atoms. The predicted octanol–water partition coefficient (Wildman–Crippen LogP) is 9.04. The van der Waals surface area contributed by atoms with Crippen LogP contribution in [0, 0.1) is 0 Å². The summed E-state index contributed by atoms with van der Waals surface area (Å²) < 4.78 is 189. The molecule has 0 fully saturated rings. The van der Waals surface area contributed by atoms with Crippen molar-refractivity contribution in [2.45, 2.75) is 75.8 Å². The van der Waals surface area contributed by atoms with E-state index in [4.69, 9.17) is 11.6 Å². The van der Waals surface area contributed by atoms with E-state index in [1.54, 1.807) is 0 Å². The van der Waals surface area contributed by atoms with Crippen LogP contribution >= 0.6 is 11.6 Å². The van der Waals surface area contributed by atoms with Gasteiger partial charge in [-0.1, -0.05) is 16.8 Å². The minimum absolute atomic E-state index is 0.448. The molecule has 0 aromatic heterocycles. The number of hydrogen-bond acceptors (Lipinski definition) is 2. The molecule has 1 rings (SSSR count). The maximum atomic E-state index is 14.5. The summed E-state index contributed by atoms with van der Waals surface area (Å²) in [4.78, 5) is 0. The molecule has 0 spiro atoms. The van der Waals surface area contributed by atoms with Gasteiger partial charge in [0.25, 0.3) is 0 Å². The molecular formula is C18H16ClF14N3. The van der Waals surface area contributed by atoms with Gasteiger partial charge in [-0.2, -0.15) is 61.5 Å². The van der Waals surface area contributed by atoms with E-state index in [-0.39, 0.29) is 0 Å². The first-order valence-corrected chi connectivity index (χ1v) is 9.82. The van der Waals surface area contributed by atoms with Crippen LogP contribution in [-0.4, -0.2) is 41.3 Å². The second-order valence-electron chi connectivity index (χ2n) is 7.90. The Bertz CT molecular complexity index is 900. The standard InChI is InChI=1S/C18H16ClF14N3/c1-7(2)36(8(3)4)35-34-12-10(13(20,21)15(24,25)17(28,29)30)5-9(19)6-11(12)14(22,23)16(26,27)18(31,32)33/h5-8H,1-4H3. The summed E-state index contributed by atoms with van der Waals surface area (Å²) in [7, 11) is 0. The number of benzene rings is 1. The molecule has 0 atom stereocenters. The highest BCUT2D eigenvalue weighted by atomic mass is 35.5. The van der Waals surface area contributed by atoms with E-state index in [2.05, 4.69) is 10.3 Å². The average molecular weight is 576 g/mol. The summed E-state index contributed by atoms with van der Waals surface area (Å²) in [6.07, 6.45) is -14.1. The van der Waals surface area contributed by atoms with Gasteiger partial charge in [0, 0.05) is 17.1 Å². The molecule has 0 aliphatic heterocycles. The molecule has 0 radical (unpaired) electrons. The zero-order valence-electron chi connectivity index (χ0n) is 18.3. The minimum Gasteiger partial charge on any atom is -0.273 e. The smallest absolute Gasteiger partial charge is 0.273 e. The fraction of sp³-hybridized carbons (Fsp3) is 0.667. The lowest BCUT2D eigenvalue weighted by atomic mass is 9.92. The molecule has 0 amide bonds. The maximum absolute atomic E-state index is 14.5. The third kappa shape index (κ3) is 5.44. The van der Waals surface area contributed by atoms with Crippen molar-refractivity contribution >= 4 is 17.3 Å². The van der Waals surface area contributed by atoms with Gasteiger partial charge in [0.15, 0.2) is 0 Å². The number of rotatable bonds is 8. The molecule has 1 aromatic carbocycles. The highest BCUT2D eigenvalue weighted by Crippen LogP contribution is 2.59. The zero-order valence-corrected chi connectivity index (χ0v) is 19.1. The normalized spacial score (nSPS) is 14.9. The number of hydrogen-bond donors (Lipinski definition) is 0. The van der Waals surface area contributed by atoms with Gasteiger partial charge in [-0.3, -0.25) is 5.01 Å². The Morgan fingerprint density at radius 2 is 0.944 bits per heavy atom. The van der Waals surface area contributed by atoms with E-state index in [0.29, 0.717) is 0 Å². The summed E-state index contributed by atoms with van der Waals surface area (Å²) in [6, 6.07) is -2.45. The van der Waals surface area contributed by atoms with Crippen LogP contribution in [0.2, 0.25) is 5.02 Å². The summed E-state index contributed by atoms with van der Waals surface area (Å²) in [6.45, 7) is 5.34. The molecule has 0 saturated carbocycles. The van der Waals surface area contributed by atoms with E-state index in [0.717, 1.165) is 5.01 Å². The fourth-order valence-corrected chi connectivity index (χ4v) is 3.00. The Labute approximate surface area is 199 Å². The minimum atomic E-state index is -7.04. The predicted molar refractivity (Wildman–Crippen MR) is 97.9 cm³/mol. The molecule has 3 nitrogen and oxygen atoms in total. The van der Waals surface area contributed by atoms with Crippen molar-refractivity contribution in [2.24, 2.45) is 10.3 Å². The Hall–Kier alpha value is -2.07. The van der Waals surface area contributed by atoms with Crippen LogP contribution in [0.5, 0.6) is 0 Å². The first-order chi connectivity index (χ1) is 15.7. The molecule has 0 aliphatic carbocycles. The quantitative estimate of drug-likeness (QED) is 0.173. The van der Waals surface area contributed by atoms with Crippen LogP contribution < -0.4 is 0 Å². The van der Waals surface area contributed by atoms with E-state index in [1.165, 1.54) is 27.7 Å². The molecule has 0 saturated heterocycles. The molecule has 18 heteroatoms. The van der Waals surface area contributed by atoms with Gasteiger partial charge in [-0.05, 0) is 39.8 Å². The summed E-state index contributed by atoms with van der Waals surface area (Å²) in [5, 5.41) is 5.08. The molecule has 36 heavy (non-hydrogen) atoms. The second-order valence-corrected chi connectivity index (χ2v) is 8.34. The van der Waals surface area contributed by atoms with Crippen molar-refractivity contribution in [1.82, 2.24) is 5.01 Å². The van der Waals surface area contributed by atoms with Gasteiger partial charge in [0.05, 0.1) is 11.1 Å². The van der Waals surface area contributed by atoms with E-state index < -0.39 is 82.1 Å². The number of nitrogens with zero attached hydrogens (tertiary/aromatic N) is 3. The molecule has 0 aliphatic rings. The molecule has 208 valence electrons. The summed E-state index contributed by atoms with van der Waals surface area (Å²) >= 11 is 5.22. The third-order valence-electron chi connectivity index (χ3n) is 4.56. The van der Waals surface area contributed by atoms with Crippen LogP contribution in [0.4, 0.5) is 67.2 Å². The lowest BCUT2D eigenvalue weighted by Gasteiger charge is -2.32. The third-order valence-corrected chi connectivity index (χ3v) is 4.78. The Morgan fingerprint density at radius 3 is 1.19 bits per heavy atom. The van der Waals surface area contributed by atoms with Gasteiger partial charge in [-0.15, -0.1) is 5.11 Å². The topological polar surface area (TPSA) is 28.0 Å². The number of alkyl halides is 14. The summed E-state index contributed by atoms with van der Waals surface area (Å²) in [5.74, 6) is -27.2. The van der Waals surface area contributed by atoms with Gasteiger partial charge in [0.2, 0.25) is 0 Å². The number of halogens is 15. The van der Waals surface area contributed by atoms with Crippen molar-refractivity contribution in [2.75, 3.05) is 0 Å². The molecular weight excluding hydrogens is 560 g/mol. The zero-order chi connectivity index (χ0) is 28.9. The second kappa shape index (κ2) is 9.67. The monoisotopic (exact) mass is 575 g/mol. The van der Waals surface area contributed by atoms with Gasteiger partial charge in [0.1, 0.15) is 5.69 Å². The lowest BCUT2D eigenvalue weighted by Crippen LogP contribution is -2.51.